The molecule has 0 bridgehead atoms. The topological polar surface area (TPSA) is 12.9 Å². The van der Waals surface area contributed by atoms with Gasteiger partial charge in [0, 0.05) is 17.1 Å². The highest BCUT2D eigenvalue weighted by Gasteiger charge is 2.06. The van der Waals surface area contributed by atoms with E-state index in [9.17, 15) is 0 Å². The Morgan fingerprint density at radius 3 is 2.45 bits per heavy atom. The molecule has 0 spiro atoms. The van der Waals surface area contributed by atoms with Crippen molar-refractivity contribution >= 4 is 10.8 Å². The van der Waals surface area contributed by atoms with Crippen molar-refractivity contribution < 1.29 is 0 Å². The summed E-state index contributed by atoms with van der Waals surface area (Å²) in [6.45, 7) is 4.50. The Hall–Kier alpha value is -2.15. The number of fused-ring (bicyclic) bond motifs is 1. The van der Waals surface area contributed by atoms with Crippen molar-refractivity contribution in [2.45, 2.75) is 26.2 Å². The predicted octanol–water partition coefficient (Wildman–Crippen LogP) is 5.42. The third-order valence-corrected chi connectivity index (χ3v) is 4.04. The molecule has 3 rings (SSSR count). The Morgan fingerprint density at radius 2 is 1.70 bits per heavy atom. The predicted molar refractivity (Wildman–Crippen MR) is 85.9 cm³/mol. The maximum Gasteiger partial charge on any atom is 0.0780 e. The van der Waals surface area contributed by atoms with E-state index in [2.05, 4.69) is 73.4 Å². The van der Waals surface area contributed by atoms with Gasteiger partial charge in [0.05, 0.1) is 5.69 Å². The molecule has 20 heavy (non-hydrogen) atoms. The van der Waals surface area contributed by atoms with Crippen molar-refractivity contribution in [1.29, 1.82) is 0 Å². The van der Waals surface area contributed by atoms with Gasteiger partial charge in [0.2, 0.25) is 0 Å². The minimum atomic E-state index is 0.615. The molecule has 3 aromatic rings. The molecule has 1 nitrogen and oxygen atoms in total. The highest BCUT2D eigenvalue weighted by molar-refractivity contribution is 5.94. The van der Waals surface area contributed by atoms with Gasteiger partial charge in [0.15, 0.2) is 0 Å². The fourth-order valence-corrected chi connectivity index (χ4v) is 2.55. The van der Waals surface area contributed by atoms with Crippen LogP contribution in [-0.4, -0.2) is 4.98 Å². The molecule has 1 heteroatoms. The second-order valence-electron chi connectivity index (χ2n) is 5.31. The maximum atomic E-state index is 4.57. The standard InChI is InChI=1S/C19H19N/c1-3-14(2)15-8-10-17(11-9-15)19-18-7-5-4-6-16(18)12-13-20-19/h4-14H,3H2,1-2H3. The fourth-order valence-electron chi connectivity index (χ4n) is 2.55. The number of aromatic nitrogens is 1. The van der Waals surface area contributed by atoms with E-state index in [0.717, 1.165) is 5.69 Å². The quantitative estimate of drug-likeness (QED) is 0.614. The number of benzene rings is 2. The number of pyridine rings is 1. The summed E-state index contributed by atoms with van der Waals surface area (Å²) in [5.74, 6) is 0.615. The second kappa shape index (κ2) is 5.46. The van der Waals surface area contributed by atoms with Gasteiger partial charge in [0.25, 0.3) is 0 Å². The summed E-state index contributed by atoms with van der Waals surface area (Å²) in [5, 5.41) is 2.45. The van der Waals surface area contributed by atoms with Gasteiger partial charge in [-0.05, 0) is 29.4 Å². The van der Waals surface area contributed by atoms with Crippen LogP contribution in [0.1, 0.15) is 31.7 Å². The lowest BCUT2D eigenvalue weighted by atomic mass is 9.96. The molecule has 100 valence electrons. The smallest absolute Gasteiger partial charge is 0.0780 e. The van der Waals surface area contributed by atoms with E-state index in [1.54, 1.807) is 0 Å². The first kappa shape index (κ1) is 12.9. The Balaban J connectivity index is 2.07. The van der Waals surface area contributed by atoms with Crippen LogP contribution >= 0.6 is 0 Å². The lowest BCUT2D eigenvalue weighted by molar-refractivity contribution is 0.734. The zero-order chi connectivity index (χ0) is 13.9. The number of nitrogens with zero attached hydrogens (tertiary/aromatic N) is 1. The van der Waals surface area contributed by atoms with Gasteiger partial charge < -0.3 is 0 Å². The van der Waals surface area contributed by atoms with Crippen LogP contribution in [0.25, 0.3) is 22.0 Å². The maximum absolute atomic E-state index is 4.57. The van der Waals surface area contributed by atoms with E-state index in [4.69, 9.17) is 0 Å². The molecule has 0 saturated heterocycles. The molecule has 0 fully saturated rings. The molecule has 2 aromatic carbocycles. The normalized spacial score (nSPS) is 12.5. The lowest BCUT2D eigenvalue weighted by Crippen LogP contribution is -1.91. The monoisotopic (exact) mass is 261 g/mol. The highest BCUT2D eigenvalue weighted by Crippen LogP contribution is 2.28. The largest absolute Gasteiger partial charge is 0.256 e. The Bertz CT molecular complexity index is 708. The van der Waals surface area contributed by atoms with Crippen LogP contribution in [-0.2, 0) is 0 Å². The van der Waals surface area contributed by atoms with Crippen molar-refractivity contribution in [3.63, 3.8) is 0 Å². The average molecular weight is 261 g/mol. The van der Waals surface area contributed by atoms with Gasteiger partial charge in [-0.25, -0.2) is 0 Å². The van der Waals surface area contributed by atoms with Gasteiger partial charge in [-0.3, -0.25) is 4.98 Å². The molecule has 0 radical (unpaired) electrons. The van der Waals surface area contributed by atoms with E-state index in [1.807, 2.05) is 6.20 Å². The molecule has 0 aliphatic heterocycles. The molecule has 0 N–H and O–H groups in total. The summed E-state index contributed by atoms with van der Waals surface area (Å²) in [6.07, 6.45) is 3.06. The first-order chi connectivity index (χ1) is 9.79. The molecule has 1 heterocycles. The SMILES string of the molecule is CCC(C)c1ccc(-c2nccc3ccccc23)cc1. The second-order valence-corrected chi connectivity index (χ2v) is 5.31. The van der Waals surface area contributed by atoms with Crippen molar-refractivity contribution in [3.8, 4) is 11.3 Å². The van der Waals surface area contributed by atoms with Crippen LogP contribution in [0.3, 0.4) is 0 Å². The molecule has 1 unspecified atom stereocenters. The van der Waals surface area contributed by atoms with Crippen molar-refractivity contribution in [3.05, 3.63) is 66.4 Å². The third kappa shape index (κ3) is 2.32. The highest BCUT2D eigenvalue weighted by atomic mass is 14.7. The van der Waals surface area contributed by atoms with E-state index in [-0.39, 0.29) is 0 Å². The van der Waals surface area contributed by atoms with E-state index in [0.29, 0.717) is 5.92 Å². The van der Waals surface area contributed by atoms with Crippen molar-refractivity contribution in [2.75, 3.05) is 0 Å². The molecule has 0 amide bonds. The van der Waals surface area contributed by atoms with Crippen LogP contribution in [0.15, 0.2) is 60.8 Å². The van der Waals surface area contributed by atoms with Gasteiger partial charge in [-0.15, -0.1) is 0 Å². The number of rotatable bonds is 3. The van der Waals surface area contributed by atoms with Crippen LogP contribution in [0.4, 0.5) is 0 Å². The lowest BCUT2D eigenvalue weighted by Gasteiger charge is -2.10. The summed E-state index contributed by atoms with van der Waals surface area (Å²) in [5.41, 5.74) is 3.66. The van der Waals surface area contributed by atoms with Crippen LogP contribution in [0, 0.1) is 0 Å². The fraction of sp³-hybridized carbons (Fsp3) is 0.211. The van der Waals surface area contributed by atoms with Crippen molar-refractivity contribution in [2.24, 2.45) is 0 Å². The Kier molecular flexibility index (Phi) is 3.51. The first-order valence-corrected chi connectivity index (χ1v) is 7.23. The average Bonchev–Trinajstić information content (AvgIpc) is 2.54. The van der Waals surface area contributed by atoms with E-state index in [1.165, 1.54) is 28.3 Å². The molecular weight excluding hydrogens is 242 g/mol. The molecule has 1 aromatic heterocycles. The molecule has 0 saturated carbocycles. The minimum Gasteiger partial charge on any atom is -0.256 e. The van der Waals surface area contributed by atoms with Crippen molar-refractivity contribution in [1.82, 2.24) is 4.98 Å². The van der Waals surface area contributed by atoms with Crippen LogP contribution < -0.4 is 0 Å². The van der Waals surface area contributed by atoms with E-state index < -0.39 is 0 Å². The molecular formula is C19H19N. The summed E-state index contributed by atoms with van der Waals surface area (Å²) in [7, 11) is 0. The third-order valence-electron chi connectivity index (χ3n) is 4.04. The number of hydrogen-bond acceptors (Lipinski definition) is 1. The minimum absolute atomic E-state index is 0.615. The summed E-state index contributed by atoms with van der Waals surface area (Å²) in [4.78, 5) is 4.57. The summed E-state index contributed by atoms with van der Waals surface area (Å²) in [6, 6.07) is 19.3. The molecule has 0 aliphatic carbocycles. The van der Waals surface area contributed by atoms with Gasteiger partial charge >= 0.3 is 0 Å². The van der Waals surface area contributed by atoms with Gasteiger partial charge in [0.1, 0.15) is 0 Å². The molecule has 0 aliphatic rings. The summed E-state index contributed by atoms with van der Waals surface area (Å²) < 4.78 is 0. The molecule has 1 atom stereocenters. The zero-order valence-electron chi connectivity index (χ0n) is 12.0. The van der Waals surface area contributed by atoms with Crippen LogP contribution in [0.5, 0.6) is 0 Å². The van der Waals surface area contributed by atoms with Gasteiger partial charge in [-0.2, -0.15) is 0 Å². The number of hydrogen-bond donors (Lipinski definition) is 0. The Labute approximate surface area is 120 Å². The summed E-state index contributed by atoms with van der Waals surface area (Å²) >= 11 is 0. The van der Waals surface area contributed by atoms with E-state index >= 15 is 0 Å². The Morgan fingerprint density at radius 1 is 0.950 bits per heavy atom. The van der Waals surface area contributed by atoms with Gasteiger partial charge in [-0.1, -0.05) is 62.4 Å². The zero-order valence-corrected chi connectivity index (χ0v) is 12.0. The van der Waals surface area contributed by atoms with Crippen LogP contribution in [0.2, 0.25) is 0 Å². The first-order valence-electron chi connectivity index (χ1n) is 7.23.